The van der Waals surface area contributed by atoms with Gasteiger partial charge in [0.1, 0.15) is 5.82 Å². The third-order valence-corrected chi connectivity index (χ3v) is 5.51. The van der Waals surface area contributed by atoms with E-state index in [0.29, 0.717) is 25.4 Å². The molecule has 0 spiro atoms. The molecule has 25 heavy (non-hydrogen) atoms. The van der Waals surface area contributed by atoms with Crippen molar-refractivity contribution in [2.24, 2.45) is 0 Å². The van der Waals surface area contributed by atoms with Crippen molar-refractivity contribution >= 4 is 28.8 Å². The number of nitrogens with one attached hydrogen (secondary N) is 2. The second-order valence-corrected chi connectivity index (χ2v) is 6.96. The Morgan fingerprint density at radius 3 is 2.48 bits per heavy atom. The monoisotopic (exact) mass is 362 g/mol. The molecule has 0 unspecified atom stereocenters. The standard InChI is InChI=1S/C18H19FN2O3S/c19-13-3-5-14(6-4-13)21-17(23)16(22)20-12-18(7-9-24-10-8-18)15-2-1-11-25-15/h1-6,11H,7-10,12H2,(H,20,22)(H,21,23). The van der Waals surface area contributed by atoms with Crippen LogP contribution >= 0.6 is 11.3 Å². The van der Waals surface area contributed by atoms with Crippen LogP contribution in [-0.4, -0.2) is 31.6 Å². The van der Waals surface area contributed by atoms with Crippen LogP contribution in [0, 0.1) is 5.82 Å². The van der Waals surface area contributed by atoms with E-state index < -0.39 is 17.6 Å². The maximum atomic E-state index is 12.9. The average molecular weight is 362 g/mol. The van der Waals surface area contributed by atoms with Crippen LogP contribution in [0.15, 0.2) is 41.8 Å². The van der Waals surface area contributed by atoms with Gasteiger partial charge in [-0.2, -0.15) is 0 Å². The molecule has 0 radical (unpaired) electrons. The number of thiophene rings is 1. The van der Waals surface area contributed by atoms with Gasteiger partial charge in [-0.3, -0.25) is 9.59 Å². The van der Waals surface area contributed by atoms with Crippen molar-refractivity contribution in [2.75, 3.05) is 25.1 Å². The van der Waals surface area contributed by atoms with Gasteiger partial charge in [0.15, 0.2) is 0 Å². The first-order chi connectivity index (χ1) is 12.1. The molecule has 0 bridgehead atoms. The molecule has 132 valence electrons. The normalized spacial score (nSPS) is 16.2. The van der Waals surface area contributed by atoms with Crippen LogP contribution in [0.1, 0.15) is 17.7 Å². The summed E-state index contributed by atoms with van der Waals surface area (Å²) in [5.74, 6) is -1.87. The average Bonchev–Trinajstić information content (AvgIpc) is 3.18. The van der Waals surface area contributed by atoms with Crippen molar-refractivity contribution in [3.05, 3.63) is 52.5 Å². The Morgan fingerprint density at radius 1 is 1.12 bits per heavy atom. The first kappa shape index (κ1) is 17.6. The highest BCUT2D eigenvalue weighted by Crippen LogP contribution is 2.36. The van der Waals surface area contributed by atoms with E-state index in [1.807, 2.05) is 11.4 Å². The zero-order chi connectivity index (χ0) is 17.7. The van der Waals surface area contributed by atoms with E-state index in [0.717, 1.165) is 12.8 Å². The van der Waals surface area contributed by atoms with Gasteiger partial charge < -0.3 is 15.4 Å². The fourth-order valence-electron chi connectivity index (χ4n) is 2.90. The lowest BCUT2D eigenvalue weighted by atomic mass is 9.78. The summed E-state index contributed by atoms with van der Waals surface area (Å²) in [7, 11) is 0. The minimum atomic E-state index is -0.764. The van der Waals surface area contributed by atoms with Crippen LogP contribution in [0.2, 0.25) is 0 Å². The predicted octanol–water partition coefficient (Wildman–Crippen LogP) is 2.69. The summed E-state index contributed by atoms with van der Waals surface area (Å²) in [6, 6.07) is 9.31. The van der Waals surface area contributed by atoms with E-state index in [9.17, 15) is 14.0 Å². The second-order valence-electron chi connectivity index (χ2n) is 6.01. The van der Waals surface area contributed by atoms with E-state index in [1.165, 1.54) is 29.1 Å². The van der Waals surface area contributed by atoms with Gasteiger partial charge in [0.2, 0.25) is 0 Å². The van der Waals surface area contributed by atoms with Crippen LogP contribution in [0.25, 0.3) is 0 Å². The first-order valence-corrected chi connectivity index (χ1v) is 8.93. The highest BCUT2D eigenvalue weighted by molar-refractivity contribution is 7.10. The molecule has 2 heterocycles. The summed E-state index contributed by atoms with van der Waals surface area (Å²) in [4.78, 5) is 25.4. The SMILES string of the molecule is O=C(NCC1(c2cccs2)CCOCC1)C(=O)Nc1ccc(F)cc1. The molecule has 2 N–H and O–H groups in total. The largest absolute Gasteiger partial charge is 0.381 e. The van der Waals surface area contributed by atoms with Gasteiger partial charge in [-0.1, -0.05) is 6.07 Å². The molecule has 1 aliphatic rings. The lowest BCUT2D eigenvalue weighted by molar-refractivity contribution is -0.136. The molecule has 7 heteroatoms. The summed E-state index contributed by atoms with van der Waals surface area (Å²) >= 11 is 1.65. The number of hydrogen-bond acceptors (Lipinski definition) is 4. The molecule has 1 saturated heterocycles. The zero-order valence-corrected chi connectivity index (χ0v) is 14.4. The number of amides is 2. The van der Waals surface area contributed by atoms with Crippen molar-refractivity contribution < 1.29 is 18.7 Å². The second kappa shape index (κ2) is 7.76. The number of hydrogen-bond donors (Lipinski definition) is 2. The molecule has 1 aromatic carbocycles. The number of carbonyl (C=O) groups is 2. The van der Waals surface area contributed by atoms with Crippen LogP contribution < -0.4 is 10.6 Å². The van der Waals surface area contributed by atoms with E-state index in [1.54, 1.807) is 11.3 Å². The first-order valence-electron chi connectivity index (χ1n) is 8.06. The van der Waals surface area contributed by atoms with Crippen molar-refractivity contribution in [3.63, 3.8) is 0 Å². The zero-order valence-electron chi connectivity index (χ0n) is 13.6. The van der Waals surface area contributed by atoms with Gasteiger partial charge >= 0.3 is 11.8 Å². The van der Waals surface area contributed by atoms with Gasteiger partial charge in [0, 0.05) is 35.7 Å². The fraction of sp³-hybridized carbons (Fsp3) is 0.333. The Bertz CT molecular complexity index is 725. The summed E-state index contributed by atoms with van der Waals surface area (Å²) < 4.78 is 18.3. The fourth-order valence-corrected chi connectivity index (χ4v) is 3.89. The summed E-state index contributed by atoms with van der Waals surface area (Å²) in [5, 5.41) is 7.21. The molecule has 2 aromatic rings. The predicted molar refractivity (Wildman–Crippen MR) is 94.1 cm³/mol. The molecule has 1 fully saturated rings. The lowest BCUT2D eigenvalue weighted by Gasteiger charge is -2.36. The van der Waals surface area contributed by atoms with Gasteiger partial charge in [-0.05, 0) is 48.6 Å². The number of rotatable bonds is 4. The Balaban J connectivity index is 1.61. The van der Waals surface area contributed by atoms with Crippen LogP contribution in [0.5, 0.6) is 0 Å². The molecule has 5 nitrogen and oxygen atoms in total. The Kier molecular flexibility index (Phi) is 5.45. The number of anilines is 1. The number of benzene rings is 1. The molecule has 0 aliphatic carbocycles. The smallest absolute Gasteiger partial charge is 0.313 e. The Hall–Kier alpha value is -2.25. The van der Waals surface area contributed by atoms with Crippen LogP contribution in [0.4, 0.5) is 10.1 Å². The third-order valence-electron chi connectivity index (χ3n) is 4.39. The molecule has 2 amide bonds. The molecular weight excluding hydrogens is 343 g/mol. The van der Waals surface area contributed by atoms with Crippen molar-refractivity contribution in [2.45, 2.75) is 18.3 Å². The van der Waals surface area contributed by atoms with Crippen LogP contribution in [0.3, 0.4) is 0 Å². The van der Waals surface area contributed by atoms with Gasteiger partial charge in [-0.15, -0.1) is 11.3 Å². The summed E-state index contributed by atoms with van der Waals surface area (Å²) in [6.07, 6.45) is 1.60. The molecule has 3 rings (SSSR count). The quantitative estimate of drug-likeness (QED) is 0.822. The van der Waals surface area contributed by atoms with E-state index in [2.05, 4.69) is 16.7 Å². The lowest BCUT2D eigenvalue weighted by Crippen LogP contribution is -2.46. The van der Waals surface area contributed by atoms with Crippen LogP contribution in [-0.2, 0) is 19.7 Å². The highest BCUT2D eigenvalue weighted by atomic mass is 32.1. The Labute approximate surface area is 149 Å². The maximum absolute atomic E-state index is 12.9. The van der Waals surface area contributed by atoms with E-state index in [-0.39, 0.29) is 5.41 Å². The molecule has 0 saturated carbocycles. The van der Waals surface area contributed by atoms with E-state index in [4.69, 9.17) is 4.74 Å². The molecule has 1 aromatic heterocycles. The van der Waals surface area contributed by atoms with Gasteiger partial charge in [0.25, 0.3) is 0 Å². The molecule has 0 atom stereocenters. The number of ether oxygens (including phenoxy) is 1. The van der Waals surface area contributed by atoms with Gasteiger partial charge in [-0.25, -0.2) is 4.39 Å². The third kappa shape index (κ3) is 4.24. The van der Waals surface area contributed by atoms with Gasteiger partial charge in [0.05, 0.1) is 0 Å². The summed E-state index contributed by atoms with van der Waals surface area (Å²) in [6.45, 7) is 1.65. The van der Waals surface area contributed by atoms with Crippen molar-refractivity contribution in [1.82, 2.24) is 5.32 Å². The van der Waals surface area contributed by atoms with Crippen molar-refractivity contribution in [1.29, 1.82) is 0 Å². The Morgan fingerprint density at radius 2 is 1.84 bits per heavy atom. The minimum absolute atomic E-state index is 0.196. The summed E-state index contributed by atoms with van der Waals surface area (Å²) in [5.41, 5.74) is 0.179. The van der Waals surface area contributed by atoms with E-state index >= 15 is 0 Å². The number of halogens is 1. The highest BCUT2D eigenvalue weighted by Gasteiger charge is 2.36. The minimum Gasteiger partial charge on any atom is -0.381 e. The number of carbonyl (C=O) groups excluding carboxylic acids is 2. The topological polar surface area (TPSA) is 67.4 Å². The maximum Gasteiger partial charge on any atom is 0.313 e. The molecule has 1 aliphatic heterocycles. The molecular formula is C18H19FN2O3S. The van der Waals surface area contributed by atoms with Crippen molar-refractivity contribution in [3.8, 4) is 0 Å².